The van der Waals surface area contributed by atoms with Crippen molar-refractivity contribution in [2.24, 2.45) is 0 Å². The Morgan fingerprint density at radius 2 is 2.06 bits per heavy atom. The smallest absolute Gasteiger partial charge is 0.321 e. The number of amides is 3. The highest BCUT2D eigenvalue weighted by Crippen LogP contribution is 2.18. The molecule has 1 aliphatic carbocycles. The van der Waals surface area contributed by atoms with Crippen LogP contribution in [0.1, 0.15) is 33.1 Å². The Hall–Kier alpha value is -1.14. The summed E-state index contributed by atoms with van der Waals surface area (Å²) in [7, 11) is 0. The van der Waals surface area contributed by atoms with E-state index in [0.717, 1.165) is 12.8 Å². The van der Waals surface area contributed by atoms with E-state index in [1.165, 1.54) is 0 Å². The molecule has 0 atom stereocenters. The molecule has 0 aromatic heterocycles. The van der Waals surface area contributed by atoms with E-state index in [1.807, 2.05) is 18.7 Å². The highest BCUT2D eigenvalue weighted by atomic mass is 16.3. The molecule has 6 nitrogen and oxygen atoms in total. The maximum Gasteiger partial charge on any atom is 0.321 e. The predicted octanol–water partition coefficient (Wildman–Crippen LogP) is 0.0674. The Bertz CT molecular complexity index is 290. The van der Waals surface area contributed by atoms with Crippen molar-refractivity contribution in [3.63, 3.8) is 0 Å². The van der Waals surface area contributed by atoms with Crippen LogP contribution >= 0.6 is 0 Å². The molecule has 1 aliphatic rings. The molecule has 18 heavy (non-hydrogen) atoms. The SMILES string of the molecule is CC(C)N(CCCO)CC(=O)NC(=O)NC1CC1. The molecular formula is C12H23N3O3. The van der Waals surface area contributed by atoms with Crippen molar-refractivity contribution < 1.29 is 14.7 Å². The van der Waals surface area contributed by atoms with Crippen LogP contribution in [-0.4, -0.2) is 53.7 Å². The first-order valence-corrected chi connectivity index (χ1v) is 6.48. The molecule has 0 aromatic rings. The molecule has 1 rings (SSSR count). The number of imide groups is 1. The van der Waals surface area contributed by atoms with Crippen molar-refractivity contribution in [3.05, 3.63) is 0 Å². The summed E-state index contributed by atoms with van der Waals surface area (Å²) < 4.78 is 0. The molecule has 104 valence electrons. The van der Waals surface area contributed by atoms with Crippen LogP contribution in [0.4, 0.5) is 4.79 Å². The molecule has 0 saturated heterocycles. The third kappa shape index (κ3) is 5.97. The van der Waals surface area contributed by atoms with E-state index in [1.54, 1.807) is 0 Å². The molecule has 1 saturated carbocycles. The van der Waals surface area contributed by atoms with E-state index >= 15 is 0 Å². The number of urea groups is 1. The number of hydrogen-bond acceptors (Lipinski definition) is 4. The molecule has 1 fully saturated rings. The molecule has 0 aromatic carbocycles. The van der Waals surface area contributed by atoms with Gasteiger partial charge in [-0.25, -0.2) is 4.79 Å². The van der Waals surface area contributed by atoms with Gasteiger partial charge >= 0.3 is 6.03 Å². The molecular weight excluding hydrogens is 234 g/mol. The molecule has 0 radical (unpaired) electrons. The first-order valence-electron chi connectivity index (χ1n) is 6.48. The van der Waals surface area contributed by atoms with Crippen molar-refractivity contribution >= 4 is 11.9 Å². The Balaban J connectivity index is 2.27. The van der Waals surface area contributed by atoms with Crippen molar-refractivity contribution in [1.29, 1.82) is 0 Å². The average molecular weight is 257 g/mol. The maximum absolute atomic E-state index is 11.7. The molecule has 0 heterocycles. The zero-order valence-electron chi connectivity index (χ0n) is 11.1. The number of aliphatic hydroxyl groups excluding tert-OH is 1. The monoisotopic (exact) mass is 257 g/mol. The van der Waals surface area contributed by atoms with E-state index in [9.17, 15) is 9.59 Å². The lowest BCUT2D eigenvalue weighted by Gasteiger charge is -2.25. The molecule has 3 amide bonds. The average Bonchev–Trinajstić information content (AvgIpc) is 3.07. The van der Waals surface area contributed by atoms with Crippen molar-refractivity contribution in [3.8, 4) is 0 Å². The van der Waals surface area contributed by atoms with Crippen LogP contribution in [0.15, 0.2) is 0 Å². The van der Waals surface area contributed by atoms with Crippen molar-refractivity contribution in [2.45, 2.75) is 45.2 Å². The minimum atomic E-state index is -0.409. The number of nitrogens with zero attached hydrogens (tertiary/aromatic N) is 1. The molecule has 0 unspecified atom stereocenters. The van der Waals surface area contributed by atoms with Gasteiger partial charge in [0.05, 0.1) is 6.54 Å². The van der Waals surface area contributed by atoms with Crippen LogP contribution in [0, 0.1) is 0 Å². The van der Waals surface area contributed by atoms with Crippen LogP contribution in [0.5, 0.6) is 0 Å². The highest BCUT2D eigenvalue weighted by molar-refractivity contribution is 5.95. The second kappa shape index (κ2) is 7.33. The number of hydrogen-bond donors (Lipinski definition) is 3. The Kier molecular flexibility index (Phi) is 6.07. The number of rotatable bonds is 7. The lowest BCUT2D eigenvalue weighted by molar-refractivity contribution is -0.121. The van der Waals surface area contributed by atoms with Gasteiger partial charge in [0.25, 0.3) is 0 Å². The minimum absolute atomic E-state index is 0.104. The number of aliphatic hydroxyl groups is 1. The largest absolute Gasteiger partial charge is 0.396 e. The third-order valence-corrected chi connectivity index (χ3v) is 2.85. The zero-order chi connectivity index (χ0) is 13.5. The quantitative estimate of drug-likeness (QED) is 0.603. The Morgan fingerprint density at radius 1 is 1.39 bits per heavy atom. The first kappa shape index (κ1) is 14.9. The summed E-state index contributed by atoms with van der Waals surface area (Å²) in [4.78, 5) is 25.0. The van der Waals surface area contributed by atoms with E-state index < -0.39 is 6.03 Å². The fourth-order valence-corrected chi connectivity index (χ4v) is 1.59. The summed E-state index contributed by atoms with van der Waals surface area (Å²) in [6.07, 6.45) is 2.62. The normalized spacial score (nSPS) is 14.9. The van der Waals surface area contributed by atoms with Gasteiger partial charge in [-0.1, -0.05) is 0 Å². The van der Waals surface area contributed by atoms with Crippen LogP contribution < -0.4 is 10.6 Å². The zero-order valence-corrected chi connectivity index (χ0v) is 11.1. The minimum Gasteiger partial charge on any atom is -0.396 e. The summed E-state index contributed by atoms with van der Waals surface area (Å²) in [5.74, 6) is -0.306. The van der Waals surface area contributed by atoms with Gasteiger partial charge in [-0.05, 0) is 33.1 Å². The van der Waals surface area contributed by atoms with Crippen molar-refractivity contribution in [1.82, 2.24) is 15.5 Å². The lowest BCUT2D eigenvalue weighted by atomic mass is 10.3. The fourth-order valence-electron chi connectivity index (χ4n) is 1.59. The number of carbonyl (C=O) groups is 2. The van der Waals surface area contributed by atoms with Gasteiger partial charge in [0.1, 0.15) is 0 Å². The van der Waals surface area contributed by atoms with Gasteiger partial charge in [-0.3, -0.25) is 15.0 Å². The summed E-state index contributed by atoms with van der Waals surface area (Å²) in [6, 6.07) is 0.0375. The van der Waals surface area contributed by atoms with E-state index in [4.69, 9.17) is 5.11 Å². The van der Waals surface area contributed by atoms with Crippen LogP contribution in [-0.2, 0) is 4.79 Å². The molecule has 3 N–H and O–H groups in total. The number of carbonyl (C=O) groups excluding carboxylic acids is 2. The Labute approximate surface area is 108 Å². The second-order valence-corrected chi connectivity index (χ2v) is 4.94. The van der Waals surface area contributed by atoms with Gasteiger partial charge in [-0.15, -0.1) is 0 Å². The van der Waals surface area contributed by atoms with Crippen LogP contribution in [0.25, 0.3) is 0 Å². The molecule has 0 bridgehead atoms. The second-order valence-electron chi connectivity index (χ2n) is 4.94. The summed E-state index contributed by atoms with van der Waals surface area (Å²) >= 11 is 0. The standard InChI is InChI=1S/C12H23N3O3/c1-9(2)15(6-3-7-16)8-11(17)14-12(18)13-10-4-5-10/h9-10,16H,3-8H2,1-2H3,(H2,13,14,17,18). The summed E-state index contributed by atoms with van der Waals surface area (Å²) in [5, 5.41) is 13.8. The molecule has 0 aliphatic heterocycles. The van der Waals surface area contributed by atoms with Crippen molar-refractivity contribution in [2.75, 3.05) is 19.7 Å². The topological polar surface area (TPSA) is 81.7 Å². The summed E-state index contributed by atoms with van der Waals surface area (Å²) in [6.45, 7) is 4.89. The first-order chi connectivity index (χ1) is 8.52. The van der Waals surface area contributed by atoms with Gasteiger partial charge in [0.2, 0.25) is 5.91 Å². The van der Waals surface area contributed by atoms with Gasteiger partial charge in [0.15, 0.2) is 0 Å². The molecule has 0 spiro atoms. The van der Waals surface area contributed by atoms with E-state index in [0.29, 0.717) is 13.0 Å². The van der Waals surface area contributed by atoms with E-state index in [-0.39, 0.29) is 31.1 Å². The van der Waals surface area contributed by atoms with Gasteiger partial charge < -0.3 is 10.4 Å². The van der Waals surface area contributed by atoms with Gasteiger partial charge in [0, 0.05) is 25.2 Å². The predicted molar refractivity (Wildman–Crippen MR) is 68.1 cm³/mol. The van der Waals surface area contributed by atoms with Crippen LogP contribution in [0.3, 0.4) is 0 Å². The fraction of sp³-hybridized carbons (Fsp3) is 0.833. The number of nitrogens with one attached hydrogen (secondary N) is 2. The van der Waals surface area contributed by atoms with Gasteiger partial charge in [-0.2, -0.15) is 0 Å². The van der Waals surface area contributed by atoms with E-state index in [2.05, 4.69) is 10.6 Å². The molecule has 6 heteroatoms. The summed E-state index contributed by atoms with van der Waals surface area (Å²) in [5.41, 5.74) is 0. The van der Waals surface area contributed by atoms with Crippen LogP contribution in [0.2, 0.25) is 0 Å². The Morgan fingerprint density at radius 3 is 2.56 bits per heavy atom. The maximum atomic E-state index is 11.7. The third-order valence-electron chi connectivity index (χ3n) is 2.85. The lowest BCUT2D eigenvalue weighted by Crippen LogP contribution is -2.46. The highest BCUT2D eigenvalue weighted by Gasteiger charge is 2.24.